The number of carbonyl (C=O) groups excluding carboxylic acids is 1. The molecule has 0 radical (unpaired) electrons. The molecule has 1 aromatic heterocycles. The third-order valence-corrected chi connectivity index (χ3v) is 4.70. The van der Waals surface area contributed by atoms with Gasteiger partial charge in [0.25, 0.3) is 5.91 Å². The highest BCUT2D eigenvalue weighted by Gasteiger charge is 2.35. The molecule has 2 aromatic rings. The van der Waals surface area contributed by atoms with E-state index in [0.29, 0.717) is 11.5 Å². The molecule has 0 bridgehead atoms. The first-order valence-corrected chi connectivity index (χ1v) is 7.99. The van der Waals surface area contributed by atoms with Crippen LogP contribution in [0.2, 0.25) is 0 Å². The lowest BCUT2D eigenvalue weighted by atomic mass is 10.1. The van der Waals surface area contributed by atoms with Gasteiger partial charge in [0.1, 0.15) is 5.01 Å². The normalized spacial score (nSPS) is 15.3. The maximum absolute atomic E-state index is 12.4. The van der Waals surface area contributed by atoms with Gasteiger partial charge in [-0.05, 0) is 43.9 Å². The van der Waals surface area contributed by atoms with Gasteiger partial charge in [0.05, 0.1) is 11.6 Å². The third kappa shape index (κ3) is 3.17. The predicted octanol–water partition coefficient (Wildman–Crippen LogP) is 3.03. The molecular weight excluding hydrogens is 300 g/mol. The lowest BCUT2D eigenvalue weighted by Crippen LogP contribution is -2.30. The summed E-state index contributed by atoms with van der Waals surface area (Å²) in [5.74, 6) is -0.867. The standard InChI is InChI=1S/C16H16N2O3S/c1-9-8-22-15(17-9)13(10-5-6-10)18-14(19)11-3-2-4-12(7-11)16(20)21/h2-4,7-8,10,13H,5-6H2,1H3,(H,18,19)(H,20,21)/t13-/m0/s1. The van der Waals surface area contributed by atoms with Crippen molar-refractivity contribution in [2.75, 3.05) is 0 Å². The van der Waals surface area contributed by atoms with Gasteiger partial charge in [0.2, 0.25) is 0 Å². The molecule has 1 aliphatic carbocycles. The number of benzene rings is 1. The van der Waals surface area contributed by atoms with Crippen LogP contribution in [0.5, 0.6) is 0 Å². The smallest absolute Gasteiger partial charge is 0.335 e. The number of amides is 1. The van der Waals surface area contributed by atoms with E-state index in [0.717, 1.165) is 23.5 Å². The summed E-state index contributed by atoms with van der Waals surface area (Å²) in [4.78, 5) is 27.9. The lowest BCUT2D eigenvalue weighted by molar-refractivity contribution is 0.0697. The summed E-state index contributed by atoms with van der Waals surface area (Å²) in [5.41, 5.74) is 1.42. The van der Waals surface area contributed by atoms with Crippen molar-refractivity contribution in [3.8, 4) is 0 Å². The molecule has 0 spiro atoms. The average Bonchev–Trinajstić information content (AvgIpc) is 3.26. The average molecular weight is 316 g/mol. The van der Waals surface area contributed by atoms with Crippen molar-refractivity contribution in [1.82, 2.24) is 10.3 Å². The van der Waals surface area contributed by atoms with Crippen LogP contribution in [0.15, 0.2) is 29.6 Å². The van der Waals surface area contributed by atoms with Crippen LogP contribution >= 0.6 is 11.3 Å². The number of aromatic carboxylic acids is 1. The lowest BCUT2D eigenvalue weighted by Gasteiger charge is -2.16. The summed E-state index contributed by atoms with van der Waals surface area (Å²) < 4.78 is 0. The number of aryl methyl sites for hydroxylation is 1. The Morgan fingerprint density at radius 3 is 2.68 bits per heavy atom. The second-order valence-electron chi connectivity index (χ2n) is 5.50. The van der Waals surface area contributed by atoms with Gasteiger partial charge < -0.3 is 10.4 Å². The first-order valence-electron chi connectivity index (χ1n) is 7.11. The molecule has 2 N–H and O–H groups in total. The molecule has 0 aliphatic heterocycles. The summed E-state index contributed by atoms with van der Waals surface area (Å²) >= 11 is 1.55. The third-order valence-electron chi connectivity index (χ3n) is 3.65. The van der Waals surface area contributed by atoms with Gasteiger partial charge in [0, 0.05) is 16.6 Å². The van der Waals surface area contributed by atoms with Gasteiger partial charge >= 0.3 is 5.97 Å². The maximum atomic E-state index is 12.4. The highest BCUT2D eigenvalue weighted by atomic mass is 32.1. The molecule has 1 heterocycles. The number of hydrogen-bond donors (Lipinski definition) is 2. The van der Waals surface area contributed by atoms with E-state index in [2.05, 4.69) is 10.3 Å². The molecule has 0 saturated heterocycles. The summed E-state index contributed by atoms with van der Waals surface area (Å²) in [7, 11) is 0. The van der Waals surface area contributed by atoms with E-state index in [9.17, 15) is 9.59 Å². The number of aromatic nitrogens is 1. The molecule has 1 fully saturated rings. The van der Waals surface area contributed by atoms with E-state index < -0.39 is 5.97 Å². The zero-order valence-electron chi connectivity index (χ0n) is 12.1. The quantitative estimate of drug-likeness (QED) is 0.888. The predicted molar refractivity (Wildman–Crippen MR) is 83.2 cm³/mol. The van der Waals surface area contributed by atoms with Gasteiger partial charge in [-0.2, -0.15) is 0 Å². The minimum atomic E-state index is -1.04. The van der Waals surface area contributed by atoms with E-state index in [1.54, 1.807) is 23.5 Å². The first-order chi connectivity index (χ1) is 10.5. The van der Waals surface area contributed by atoms with Crippen molar-refractivity contribution < 1.29 is 14.7 Å². The number of carboxylic acids is 1. The fraction of sp³-hybridized carbons (Fsp3) is 0.312. The molecular formula is C16H16N2O3S. The topological polar surface area (TPSA) is 79.3 Å². The number of carbonyl (C=O) groups is 2. The van der Waals surface area contributed by atoms with Gasteiger partial charge in [0.15, 0.2) is 0 Å². The van der Waals surface area contributed by atoms with Crippen molar-refractivity contribution in [2.45, 2.75) is 25.8 Å². The van der Waals surface area contributed by atoms with Gasteiger partial charge in [-0.25, -0.2) is 9.78 Å². The molecule has 1 aliphatic rings. The van der Waals surface area contributed by atoms with E-state index in [-0.39, 0.29) is 17.5 Å². The molecule has 3 rings (SSSR count). The Kier molecular flexibility index (Phi) is 3.94. The van der Waals surface area contributed by atoms with Gasteiger partial charge in [-0.1, -0.05) is 6.07 Å². The van der Waals surface area contributed by atoms with E-state index in [1.165, 1.54) is 12.1 Å². The van der Waals surface area contributed by atoms with Crippen LogP contribution in [0.4, 0.5) is 0 Å². The van der Waals surface area contributed by atoms with Crippen LogP contribution in [0.1, 0.15) is 50.3 Å². The Morgan fingerprint density at radius 1 is 1.36 bits per heavy atom. The highest BCUT2D eigenvalue weighted by Crippen LogP contribution is 2.42. The summed E-state index contributed by atoms with van der Waals surface area (Å²) in [6, 6.07) is 5.99. The van der Waals surface area contributed by atoms with Crippen molar-refractivity contribution in [3.63, 3.8) is 0 Å². The van der Waals surface area contributed by atoms with Crippen molar-refractivity contribution in [3.05, 3.63) is 51.5 Å². The number of nitrogens with one attached hydrogen (secondary N) is 1. The fourth-order valence-corrected chi connectivity index (χ4v) is 3.28. The molecule has 6 heteroatoms. The Balaban J connectivity index is 1.79. The number of nitrogens with zero attached hydrogens (tertiary/aromatic N) is 1. The Labute approximate surface area is 132 Å². The summed E-state index contributed by atoms with van der Waals surface area (Å²) in [6.07, 6.45) is 2.16. The number of thiazole rings is 1. The molecule has 114 valence electrons. The first kappa shape index (κ1) is 14.7. The second kappa shape index (κ2) is 5.88. The summed E-state index contributed by atoms with van der Waals surface area (Å²) in [6.45, 7) is 1.93. The van der Waals surface area contributed by atoms with E-state index in [1.807, 2.05) is 12.3 Å². The van der Waals surface area contributed by atoms with Crippen molar-refractivity contribution >= 4 is 23.2 Å². The van der Waals surface area contributed by atoms with Crippen molar-refractivity contribution in [1.29, 1.82) is 0 Å². The monoisotopic (exact) mass is 316 g/mol. The fourth-order valence-electron chi connectivity index (χ4n) is 2.34. The molecule has 5 nitrogen and oxygen atoms in total. The molecule has 1 saturated carbocycles. The van der Waals surface area contributed by atoms with Gasteiger partial charge in [-0.3, -0.25) is 4.79 Å². The maximum Gasteiger partial charge on any atom is 0.335 e. The van der Waals surface area contributed by atoms with E-state index >= 15 is 0 Å². The largest absolute Gasteiger partial charge is 0.478 e. The van der Waals surface area contributed by atoms with Crippen LogP contribution in [-0.2, 0) is 0 Å². The van der Waals surface area contributed by atoms with Crippen LogP contribution in [0.25, 0.3) is 0 Å². The van der Waals surface area contributed by atoms with E-state index in [4.69, 9.17) is 5.11 Å². The van der Waals surface area contributed by atoms with Crippen molar-refractivity contribution in [2.24, 2.45) is 5.92 Å². The highest BCUT2D eigenvalue weighted by molar-refractivity contribution is 7.09. The number of rotatable bonds is 5. The summed E-state index contributed by atoms with van der Waals surface area (Å²) in [5, 5.41) is 14.9. The zero-order chi connectivity index (χ0) is 15.7. The molecule has 0 unspecified atom stereocenters. The Morgan fingerprint density at radius 2 is 2.09 bits per heavy atom. The Hall–Kier alpha value is -2.21. The molecule has 1 aromatic carbocycles. The molecule has 1 amide bonds. The second-order valence-corrected chi connectivity index (χ2v) is 6.39. The molecule has 1 atom stereocenters. The zero-order valence-corrected chi connectivity index (χ0v) is 12.9. The van der Waals surface area contributed by atoms with Gasteiger partial charge in [-0.15, -0.1) is 11.3 Å². The SMILES string of the molecule is Cc1csc([C@@H](NC(=O)c2cccc(C(=O)O)c2)C2CC2)n1. The van der Waals surface area contributed by atoms with Crippen LogP contribution in [0, 0.1) is 12.8 Å². The Bertz CT molecular complexity index is 722. The number of carboxylic acid groups (broad SMARTS) is 1. The van der Waals surface area contributed by atoms with Crippen LogP contribution in [-0.4, -0.2) is 22.0 Å². The van der Waals surface area contributed by atoms with Crippen LogP contribution in [0.3, 0.4) is 0 Å². The minimum Gasteiger partial charge on any atom is -0.478 e. The minimum absolute atomic E-state index is 0.0836. The van der Waals surface area contributed by atoms with Crippen LogP contribution < -0.4 is 5.32 Å². The molecule has 22 heavy (non-hydrogen) atoms. The number of hydrogen-bond acceptors (Lipinski definition) is 4.